The van der Waals surface area contributed by atoms with Crippen LogP contribution in [0, 0.1) is 0 Å². The highest BCUT2D eigenvalue weighted by Crippen LogP contribution is 2.18. The Bertz CT molecular complexity index is 1210. The highest BCUT2D eigenvalue weighted by molar-refractivity contribution is 5.71. The summed E-state index contributed by atoms with van der Waals surface area (Å²) in [7, 11) is 5.97. The molecule has 0 aliphatic rings. The van der Waals surface area contributed by atoms with Gasteiger partial charge in [0.05, 0.1) is 34.4 Å². The van der Waals surface area contributed by atoms with E-state index in [0.717, 1.165) is 64.2 Å². The molecule has 71 heavy (non-hydrogen) atoms. The van der Waals surface area contributed by atoms with Crippen molar-refractivity contribution < 1.29 is 42.9 Å². The second-order valence-corrected chi connectivity index (χ2v) is 22.0. The highest BCUT2D eigenvalue weighted by Gasteiger charge is 2.25. The molecule has 2 atom stereocenters. The number of carboxylic acids is 1. The third-order valence-electron chi connectivity index (χ3n) is 13.7. The summed E-state index contributed by atoms with van der Waals surface area (Å²) in [5.41, 5.74) is 0. The van der Waals surface area contributed by atoms with E-state index in [4.69, 9.17) is 18.9 Å². The number of carboxylic acid groups (broad SMARTS) is 1. The number of carbonyl (C=O) groups excluding carboxylic acids is 2. The summed E-state index contributed by atoms with van der Waals surface area (Å²) in [4.78, 5) is 37.3. The molecule has 0 spiro atoms. The SMILES string of the molecule is CCC/C=C\C/C=C\CCCCCCCC(=O)OC(COC(=O)CCCCCCCCCCCCCCCCCCCCCCCCCCCCCCCCCCC)COC(OCC[N+](C)(C)C)C(=O)O. The molecule has 0 aromatic carbocycles. The molecule has 0 rings (SSSR count). The first kappa shape index (κ1) is 68.8. The fraction of sp³-hybridized carbons (Fsp3) is 0.887. The number of aliphatic carboxylic acids is 1. The quantitative estimate of drug-likeness (QED) is 0.0211. The number of quaternary nitrogens is 1. The van der Waals surface area contributed by atoms with E-state index in [9.17, 15) is 19.5 Å². The molecule has 2 unspecified atom stereocenters. The number of likely N-dealkylation sites (N-methyl/N-ethyl adjacent to an activating group) is 1. The first-order valence-electron chi connectivity index (χ1n) is 30.5. The van der Waals surface area contributed by atoms with Crippen LogP contribution in [0.5, 0.6) is 0 Å². The van der Waals surface area contributed by atoms with Crippen LogP contribution in [0.4, 0.5) is 0 Å². The molecule has 0 aliphatic heterocycles. The van der Waals surface area contributed by atoms with Crippen molar-refractivity contribution in [3.05, 3.63) is 24.3 Å². The van der Waals surface area contributed by atoms with Gasteiger partial charge in [-0.25, -0.2) is 4.79 Å². The molecular formula is C62H118NO8+. The third-order valence-corrected chi connectivity index (χ3v) is 13.7. The molecule has 9 heteroatoms. The number of nitrogens with zero attached hydrogens (tertiary/aromatic N) is 1. The van der Waals surface area contributed by atoms with Crippen molar-refractivity contribution in [2.24, 2.45) is 0 Å². The maximum atomic E-state index is 12.8. The minimum absolute atomic E-state index is 0.183. The summed E-state index contributed by atoms with van der Waals surface area (Å²) in [5.74, 6) is -2.01. The van der Waals surface area contributed by atoms with Crippen molar-refractivity contribution in [2.75, 3.05) is 47.5 Å². The molecule has 1 N–H and O–H groups in total. The lowest BCUT2D eigenvalue weighted by molar-refractivity contribution is -0.870. The molecular weight excluding hydrogens is 887 g/mol. The first-order valence-corrected chi connectivity index (χ1v) is 30.5. The normalized spacial score (nSPS) is 12.9. The zero-order chi connectivity index (χ0) is 52.0. The van der Waals surface area contributed by atoms with Crippen LogP contribution in [0.15, 0.2) is 24.3 Å². The number of esters is 2. The van der Waals surface area contributed by atoms with Crippen molar-refractivity contribution >= 4 is 17.9 Å². The summed E-state index contributed by atoms with van der Waals surface area (Å²) < 4.78 is 22.8. The van der Waals surface area contributed by atoms with Gasteiger partial charge in [-0.3, -0.25) is 9.59 Å². The summed E-state index contributed by atoms with van der Waals surface area (Å²) in [6.07, 6.45) is 61.5. The molecule has 0 aromatic heterocycles. The number of ether oxygens (including phenoxy) is 4. The molecule has 0 heterocycles. The monoisotopic (exact) mass is 1000 g/mol. The van der Waals surface area contributed by atoms with Crippen molar-refractivity contribution in [3.63, 3.8) is 0 Å². The zero-order valence-corrected chi connectivity index (χ0v) is 47.7. The second kappa shape index (κ2) is 54.0. The molecule has 0 saturated heterocycles. The van der Waals surface area contributed by atoms with Crippen LogP contribution in [0.1, 0.15) is 296 Å². The predicted octanol–water partition coefficient (Wildman–Crippen LogP) is 17.9. The summed E-state index contributed by atoms with van der Waals surface area (Å²) in [6, 6.07) is 0. The van der Waals surface area contributed by atoms with Gasteiger partial charge in [-0.1, -0.05) is 269 Å². The van der Waals surface area contributed by atoms with E-state index in [1.54, 1.807) is 0 Å². The van der Waals surface area contributed by atoms with Crippen molar-refractivity contribution in [1.82, 2.24) is 0 Å². The topological polar surface area (TPSA) is 108 Å². The Kier molecular flexibility index (Phi) is 52.3. The van der Waals surface area contributed by atoms with Crippen LogP contribution >= 0.6 is 0 Å². The van der Waals surface area contributed by atoms with Crippen LogP contribution < -0.4 is 0 Å². The number of rotatable bonds is 57. The average Bonchev–Trinajstić information content (AvgIpc) is 3.34. The number of hydrogen-bond donors (Lipinski definition) is 1. The zero-order valence-electron chi connectivity index (χ0n) is 47.7. The van der Waals surface area contributed by atoms with Crippen molar-refractivity contribution in [1.29, 1.82) is 0 Å². The highest BCUT2D eigenvalue weighted by atomic mass is 16.7. The fourth-order valence-electron chi connectivity index (χ4n) is 9.00. The Morgan fingerprint density at radius 2 is 0.789 bits per heavy atom. The van der Waals surface area contributed by atoms with Crippen LogP contribution in [-0.2, 0) is 33.3 Å². The van der Waals surface area contributed by atoms with E-state index in [1.807, 2.05) is 21.1 Å². The van der Waals surface area contributed by atoms with Gasteiger partial charge in [-0.05, 0) is 38.5 Å². The third kappa shape index (κ3) is 55.4. The van der Waals surface area contributed by atoms with Gasteiger partial charge in [0.15, 0.2) is 6.10 Å². The van der Waals surface area contributed by atoms with E-state index in [1.165, 1.54) is 199 Å². The number of unbranched alkanes of at least 4 members (excludes halogenated alkanes) is 38. The molecule has 9 nitrogen and oxygen atoms in total. The van der Waals surface area contributed by atoms with E-state index in [0.29, 0.717) is 23.9 Å². The Labute approximate surface area is 439 Å². The fourth-order valence-corrected chi connectivity index (χ4v) is 9.00. The van der Waals surface area contributed by atoms with Crippen LogP contribution in [0.2, 0.25) is 0 Å². The van der Waals surface area contributed by atoms with Crippen LogP contribution in [0.25, 0.3) is 0 Å². The van der Waals surface area contributed by atoms with Crippen LogP contribution in [-0.4, -0.2) is 87.4 Å². The Morgan fingerprint density at radius 3 is 1.17 bits per heavy atom. The standard InChI is InChI=1S/C62H117NO8/c1-6-8-10-12-14-16-18-20-21-22-23-24-25-26-27-28-29-30-31-32-33-34-35-36-37-38-39-41-42-44-46-48-50-52-59(64)69-56-58(57-70-62(61(66)67)68-55-54-63(3,4)5)71-60(65)53-51-49-47-45-43-40-19-17-15-13-11-9-7-2/h11,13,17,19,58,62H,6-10,12,14-16,18,20-57H2,1-5H3/p+1/b13-11-,19-17-. The summed E-state index contributed by atoms with van der Waals surface area (Å²) >= 11 is 0. The van der Waals surface area contributed by atoms with Gasteiger partial charge in [-0.15, -0.1) is 0 Å². The molecule has 0 aromatic rings. The van der Waals surface area contributed by atoms with E-state index in [2.05, 4.69) is 38.2 Å². The van der Waals surface area contributed by atoms with Crippen molar-refractivity contribution in [2.45, 2.75) is 309 Å². The Hall–Kier alpha value is -2.23. The number of allylic oxidation sites excluding steroid dienone is 4. The van der Waals surface area contributed by atoms with E-state index >= 15 is 0 Å². The average molecular weight is 1010 g/mol. The minimum atomic E-state index is -1.51. The number of hydrogen-bond acceptors (Lipinski definition) is 7. The van der Waals surface area contributed by atoms with Gasteiger partial charge in [-0.2, -0.15) is 0 Å². The lowest BCUT2D eigenvalue weighted by Gasteiger charge is -2.25. The summed E-state index contributed by atoms with van der Waals surface area (Å²) in [5, 5.41) is 9.68. The molecule has 0 saturated carbocycles. The van der Waals surface area contributed by atoms with Crippen molar-refractivity contribution in [3.8, 4) is 0 Å². The predicted molar refractivity (Wildman–Crippen MR) is 300 cm³/mol. The largest absolute Gasteiger partial charge is 0.477 e. The lowest BCUT2D eigenvalue weighted by atomic mass is 10.0. The Morgan fingerprint density at radius 1 is 0.423 bits per heavy atom. The molecule has 418 valence electrons. The van der Waals surface area contributed by atoms with E-state index < -0.39 is 24.3 Å². The minimum Gasteiger partial charge on any atom is -0.477 e. The van der Waals surface area contributed by atoms with Gasteiger partial charge in [0.1, 0.15) is 13.2 Å². The molecule has 0 amide bonds. The molecule has 0 aliphatic carbocycles. The van der Waals surface area contributed by atoms with Gasteiger partial charge in [0, 0.05) is 12.8 Å². The Balaban J connectivity index is 3.98. The molecule has 0 radical (unpaired) electrons. The lowest BCUT2D eigenvalue weighted by Crippen LogP contribution is -2.40. The maximum Gasteiger partial charge on any atom is 0.361 e. The van der Waals surface area contributed by atoms with Crippen LogP contribution in [0.3, 0.4) is 0 Å². The van der Waals surface area contributed by atoms with Gasteiger partial charge in [0.25, 0.3) is 6.29 Å². The van der Waals surface area contributed by atoms with Gasteiger partial charge < -0.3 is 28.5 Å². The maximum absolute atomic E-state index is 12.8. The van der Waals surface area contributed by atoms with E-state index in [-0.39, 0.29) is 32.2 Å². The van der Waals surface area contributed by atoms with Gasteiger partial charge >= 0.3 is 17.9 Å². The van der Waals surface area contributed by atoms with Gasteiger partial charge in [0.2, 0.25) is 0 Å². The molecule has 0 bridgehead atoms. The second-order valence-electron chi connectivity index (χ2n) is 22.0. The number of carbonyl (C=O) groups is 3. The first-order chi connectivity index (χ1) is 34.6. The molecule has 0 fully saturated rings. The smallest absolute Gasteiger partial charge is 0.361 e. The summed E-state index contributed by atoms with van der Waals surface area (Å²) in [6.45, 7) is 4.83.